The molecule has 0 atom stereocenters. The van der Waals surface area contributed by atoms with Crippen molar-refractivity contribution in [3.63, 3.8) is 0 Å². The lowest BCUT2D eigenvalue weighted by Gasteiger charge is -2.07. The van der Waals surface area contributed by atoms with Gasteiger partial charge in [0.2, 0.25) is 10.0 Å². The van der Waals surface area contributed by atoms with Crippen LogP contribution in [0.1, 0.15) is 22.6 Å². The van der Waals surface area contributed by atoms with Crippen molar-refractivity contribution < 1.29 is 12.8 Å². The molecule has 1 aromatic carbocycles. The van der Waals surface area contributed by atoms with Gasteiger partial charge in [-0.15, -0.1) is 0 Å². The maximum Gasteiger partial charge on any atom is 0.240 e. The van der Waals surface area contributed by atoms with Crippen LogP contribution in [0, 0.1) is 6.92 Å². The van der Waals surface area contributed by atoms with E-state index in [1.165, 1.54) is 0 Å². The molecule has 0 saturated carbocycles. The third-order valence-corrected chi connectivity index (χ3v) is 4.75. The van der Waals surface area contributed by atoms with Gasteiger partial charge in [0.05, 0.1) is 11.4 Å². The molecular weight excluding hydrogens is 276 g/mol. The number of nitrogens with one attached hydrogen (secondary N) is 2. The summed E-state index contributed by atoms with van der Waals surface area (Å²) in [5.74, 6) is 1.37. The van der Waals surface area contributed by atoms with Crippen molar-refractivity contribution in [2.75, 3.05) is 0 Å². The molecule has 1 aromatic heterocycles. The fourth-order valence-electron chi connectivity index (χ4n) is 2.27. The van der Waals surface area contributed by atoms with E-state index in [0.717, 1.165) is 30.0 Å². The maximum atomic E-state index is 12.2. The molecule has 2 aromatic rings. The van der Waals surface area contributed by atoms with Crippen LogP contribution in [0.4, 0.5) is 0 Å². The average Bonchev–Trinajstić information content (AvgIpc) is 3.04. The Kier molecular flexibility index (Phi) is 3.37. The van der Waals surface area contributed by atoms with E-state index in [-0.39, 0.29) is 6.54 Å². The summed E-state index contributed by atoms with van der Waals surface area (Å²) in [5.41, 5.74) is 2.20. The Balaban J connectivity index is 1.78. The number of rotatable bonds is 4. The molecule has 3 rings (SSSR count). The standard InChI is InChI=1S/C14H16N2O3S/c1-10-2-4-13(19-10)9-16-20(17,18)14-5-3-11-7-15-8-12(11)6-14/h2-6,15-16H,7-9H2,1H3. The van der Waals surface area contributed by atoms with Crippen LogP contribution >= 0.6 is 0 Å². The Morgan fingerprint density at radius 2 is 2.00 bits per heavy atom. The van der Waals surface area contributed by atoms with Gasteiger partial charge in [0.1, 0.15) is 11.5 Å². The molecular formula is C14H16N2O3S. The monoisotopic (exact) mass is 292 g/mol. The van der Waals surface area contributed by atoms with Crippen LogP contribution in [0.3, 0.4) is 0 Å². The van der Waals surface area contributed by atoms with Crippen LogP contribution in [0.5, 0.6) is 0 Å². The van der Waals surface area contributed by atoms with Gasteiger partial charge in [-0.3, -0.25) is 0 Å². The van der Waals surface area contributed by atoms with E-state index in [4.69, 9.17) is 4.42 Å². The minimum atomic E-state index is -3.51. The molecule has 0 unspecified atom stereocenters. The number of sulfonamides is 1. The van der Waals surface area contributed by atoms with Crippen LogP contribution in [-0.2, 0) is 29.7 Å². The average molecular weight is 292 g/mol. The minimum absolute atomic E-state index is 0.158. The van der Waals surface area contributed by atoms with E-state index in [1.54, 1.807) is 18.2 Å². The van der Waals surface area contributed by atoms with Crippen molar-refractivity contribution in [3.8, 4) is 0 Å². The maximum absolute atomic E-state index is 12.2. The van der Waals surface area contributed by atoms with Gasteiger partial charge in [0.15, 0.2) is 0 Å². The largest absolute Gasteiger partial charge is 0.465 e. The SMILES string of the molecule is Cc1ccc(CNS(=O)(=O)c2ccc3c(c2)CNC3)o1. The van der Waals surface area contributed by atoms with Gasteiger partial charge in [0.25, 0.3) is 0 Å². The lowest BCUT2D eigenvalue weighted by atomic mass is 10.1. The smallest absolute Gasteiger partial charge is 0.240 e. The predicted octanol–water partition coefficient (Wildman–Crippen LogP) is 1.67. The molecule has 0 fully saturated rings. The summed E-state index contributed by atoms with van der Waals surface area (Å²) in [7, 11) is -3.51. The van der Waals surface area contributed by atoms with Gasteiger partial charge < -0.3 is 9.73 Å². The summed E-state index contributed by atoms with van der Waals surface area (Å²) in [6.07, 6.45) is 0. The first-order valence-corrected chi connectivity index (χ1v) is 7.90. The Bertz CT molecular complexity index is 735. The van der Waals surface area contributed by atoms with E-state index < -0.39 is 10.0 Å². The lowest BCUT2D eigenvalue weighted by Crippen LogP contribution is -2.23. The molecule has 2 heterocycles. The van der Waals surface area contributed by atoms with Crippen LogP contribution in [0.15, 0.2) is 39.6 Å². The zero-order chi connectivity index (χ0) is 14.2. The molecule has 1 aliphatic rings. The zero-order valence-corrected chi connectivity index (χ0v) is 12.0. The number of hydrogen-bond donors (Lipinski definition) is 2. The van der Waals surface area contributed by atoms with Crippen molar-refractivity contribution in [2.45, 2.75) is 31.5 Å². The highest BCUT2D eigenvalue weighted by molar-refractivity contribution is 7.89. The number of hydrogen-bond acceptors (Lipinski definition) is 4. The highest BCUT2D eigenvalue weighted by atomic mass is 32.2. The van der Waals surface area contributed by atoms with Gasteiger partial charge in [0, 0.05) is 13.1 Å². The lowest BCUT2D eigenvalue weighted by molar-refractivity contribution is 0.475. The van der Waals surface area contributed by atoms with Crippen molar-refractivity contribution in [3.05, 3.63) is 53.0 Å². The zero-order valence-electron chi connectivity index (χ0n) is 11.1. The van der Waals surface area contributed by atoms with E-state index in [1.807, 2.05) is 19.1 Å². The number of fused-ring (bicyclic) bond motifs is 1. The third kappa shape index (κ3) is 2.63. The Morgan fingerprint density at radius 3 is 2.75 bits per heavy atom. The normalized spacial score (nSPS) is 14.4. The second-order valence-corrected chi connectivity index (χ2v) is 6.64. The van der Waals surface area contributed by atoms with Gasteiger partial charge in [-0.05, 0) is 42.3 Å². The minimum Gasteiger partial charge on any atom is -0.465 e. The topological polar surface area (TPSA) is 71.3 Å². The molecule has 0 spiro atoms. The first-order valence-electron chi connectivity index (χ1n) is 6.42. The quantitative estimate of drug-likeness (QED) is 0.899. The van der Waals surface area contributed by atoms with E-state index in [9.17, 15) is 8.42 Å². The first-order chi connectivity index (χ1) is 9.54. The predicted molar refractivity (Wildman–Crippen MR) is 74.5 cm³/mol. The second kappa shape index (κ2) is 5.05. The van der Waals surface area contributed by atoms with Crippen LogP contribution in [0.2, 0.25) is 0 Å². The summed E-state index contributed by atoms with van der Waals surface area (Å²) >= 11 is 0. The summed E-state index contributed by atoms with van der Waals surface area (Å²) in [5, 5.41) is 3.20. The number of aryl methyl sites for hydroxylation is 1. The molecule has 1 aliphatic heterocycles. The molecule has 0 saturated heterocycles. The van der Waals surface area contributed by atoms with Crippen LogP contribution in [0.25, 0.3) is 0 Å². The van der Waals surface area contributed by atoms with Crippen molar-refractivity contribution >= 4 is 10.0 Å². The molecule has 0 radical (unpaired) electrons. The van der Waals surface area contributed by atoms with Crippen LogP contribution < -0.4 is 10.0 Å². The second-order valence-electron chi connectivity index (χ2n) is 4.87. The van der Waals surface area contributed by atoms with Gasteiger partial charge in [-0.1, -0.05) is 6.07 Å². The van der Waals surface area contributed by atoms with E-state index in [0.29, 0.717) is 10.7 Å². The van der Waals surface area contributed by atoms with Gasteiger partial charge in [-0.2, -0.15) is 0 Å². The fourth-order valence-corrected chi connectivity index (χ4v) is 3.31. The van der Waals surface area contributed by atoms with Crippen molar-refractivity contribution in [2.24, 2.45) is 0 Å². The highest BCUT2D eigenvalue weighted by Crippen LogP contribution is 2.20. The van der Waals surface area contributed by atoms with Gasteiger partial charge in [-0.25, -0.2) is 13.1 Å². The van der Waals surface area contributed by atoms with Gasteiger partial charge >= 0.3 is 0 Å². The van der Waals surface area contributed by atoms with E-state index in [2.05, 4.69) is 10.0 Å². The molecule has 20 heavy (non-hydrogen) atoms. The Hall–Kier alpha value is -1.63. The molecule has 106 valence electrons. The summed E-state index contributed by atoms with van der Waals surface area (Å²) < 4.78 is 32.4. The molecule has 2 N–H and O–H groups in total. The Labute approximate surface area is 118 Å². The number of furan rings is 1. The molecule has 0 amide bonds. The highest BCUT2D eigenvalue weighted by Gasteiger charge is 2.18. The summed E-state index contributed by atoms with van der Waals surface area (Å²) in [6, 6.07) is 8.81. The summed E-state index contributed by atoms with van der Waals surface area (Å²) in [4.78, 5) is 0.295. The van der Waals surface area contributed by atoms with Crippen molar-refractivity contribution in [1.82, 2.24) is 10.0 Å². The third-order valence-electron chi connectivity index (χ3n) is 3.35. The molecule has 6 heteroatoms. The van der Waals surface area contributed by atoms with E-state index >= 15 is 0 Å². The van der Waals surface area contributed by atoms with Crippen LogP contribution in [-0.4, -0.2) is 8.42 Å². The molecule has 5 nitrogen and oxygen atoms in total. The summed E-state index contributed by atoms with van der Waals surface area (Å²) in [6.45, 7) is 3.50. The number of benzene rings is 1. The Morgan fingerprint density at radius 1 is 1.20 bits per heavy atom. The van der Waals surface area contributed by atoms with Crippen molar-refractivity contribution in [1.29, 1.82) is 0 Å². The first kappa shape index (κ1) is 13.4. The molecule has 0 bridgehead atoms. The fraction of sp³-hybridized carbons (Fsp3) is 0.286. The molecule has 0 aliphatic carbocycles.